The molecule has 0 saturated carbocycles. The molecule has 0 unspecified atom stereocenters. The van der Waals surface area contributed by atoms with Crippen LogP contribution in [0.2, 0.25) is 0 Å². The van der Waals surface area contributed by atoms with E-state index < -0.39 is 0 Å². The van der Waals surface area contributed by atoms with Crippen molar-refractivity contribution in [2.45, 2.75) is 26.0 Å². The molecule has 0 spiro atoms. The third-order valence-corrected chi connectivity index (χ3v) is 2.38. The van der Waals surface area contributed by atoms with Crippen molar-refractivity contribution in [1.29, 1.82) is 0 Å². The minimum atomic E-state index is -0.247. The molecule has 0 amide bonds. The Balaban J connectivity index is 2.35. The molecule has 78 valence electrons. The van der Waals surface area contributed by atoms with Gasteiger partial charge in [0.2, 0.25) is 0 Å². The second kappa shape index (κ2) is 5.09. The van der Waals surface area contributed by atoms with Crippen molar-refractivity contribution in [2.24, 2.45) is 5.73 Å². The lowest BCUT2D eigenvalue weighted by Crippen LogP contribution is -2.37. The first kappa shape index (κ1) is 11.9. The second-order valence-electron chi connectivity index (χ2n) is 4.11. The fourth-order valence-corrected chi connectivity index (χ4v) is 1.37. The van der Waals surface area contributed by atoms with Crippen LogP contribution in [0, 0.1) is 3.57 Å². The summed E-state index contributed by atoms with van der Waals surface area (Å²) in [6.45, 7) is 5.14. The number of ether oxygens (including phenoxy) is 1. The summed E-state index contributed by atoms with van der Waals surface area (Å²) >= 11 is 2.29. The molecule has 2 nitrogen and oxygen atoms in total. The Hall–Kier alpha value is -0.130. The van der Waals surface area contributed by atoms with Crippen molar-refractivity contribution < 1.29 is 4.74 Å². The maximum atomic E-state index is 5.80. The van der Waals surface area contributed by atoms with E-state index >= 15 is 0 Å². The van der Waals surface area contributed by atoms with Crippen molar-refractivity contribution in [3.63, 3.8) is 0 Å². The van der Waals surface area contributed by atoms with Crippen LogP contribution in [0.4, 0.5) is 0 Å². The van der Waals surface area contributed by atoms with Crippen molar-refractivity contribution in [2.75, 3.05) is 6.61 Å². The van der Waals surface area contributed by atoms with Gasteiger partial charge in [-0.15, -0.1) is 0 Å². The first-order valence-electron chi connectivity index (χ1n) is 4.58. The summed E-state index contributed by atoms with van der Waals surface area (Å²) in [6, 6.07) is 8.30. The van der Waals surface area contributed by atoms with Crippen LogP contribution in [-0.4, -0.2) is 12.1 Å². The average Bonchev–Trinajstić information content (AvgIpc) is 2.06. The van der Waals surface area contributed by atoms with Crippen LogP contribution in [0.25, 0.3) is 0 Å². The van der Waals surface area contributed by atoms with Crippen LogP contribution in [0.15, 0.2) is 24.3 Å². The molecular weight excluding hydrogens is 289 g/mol. The predicted molar refractivity (Wildman–Crippen MR) is 67.1 cm³/mol. The van der Waals surface area contributed by atoms with Gasteiger partial charge in [-0.05, 0) is 54.1 Å². The Morgan fingerprint density at radius 3 is 2.36 bits per heavy atom. The SMILES string of the molecule is CC(C)(N)COCc1ccc(I)cc1. The summed E-state index contributed by atoms with van der Waals surface area (Å²) in [6.07, 6.45) is 0. The van der Waals surface area contributed by atoms with Gasteiger partial charge in [0, 0.05) is 9.11 Å². The van der Waals surface area contributed by atoms with Crippen molar-refractivity contribution in [3.05, 3.63) is 33.4 Å². The Morgan fingerprint density at radius 2 is 1.86 bits per heavy atom. The van der Waals surface area contributed by atoms with Gasteiger partial charge in [-0.1, -0.05) is 12.1 Å². The molecule has 1 rings (SSSR count). The Morgan fingerprint density at radius 1 is 1.29 bits per heavy atom. The van der Waals surface area contributed by atoms with Gasteiger partial charge in [0.15, 0.2) is 0 Å². The molecule has 0 saturated heterocycles. The number of rotatable bonds is 4. The standard InChI is InChI=1S/C11H16INO/c1-11(2,13)8-14-7-9-3-5-10(12)6-4-9/h3-6H,7-8,13H2,1-2H3. The number of hydrogen-bond acceptors (Lipinski definition) is 2. The van der Waals surface area contributed by atoms with Crippen LogP contribution in [0.5, 0.6) is 0 Å². The first-order chi connectivity index (χ1) is 6.47. The van der Waals surface area contributed by atoms with Crippen molar-refractivity contribution in [3.8, 4) is 0 Å². The van der Waals surface area contributed by atoms with E-state index in [0.717, 1.165) is 0 Å². The molecule has 0 atom stereocenters. The van der Waals surface area contributed by atoms with Gasteiger partial charge >= 0.3 is 0 Å². The van der Waals surface area contributed by atoms with Gasteiger partial charge in [0.1, 0.15) is 0 Å². The van der Waals surface area contributed by atoms with Gasteiger partial charge in [0.25, 0.3) is 0 Å². The summed E-state index contributed by atoms with van der Waals surface area (Å²) in [4.78, 5) is 0. The van der Waals surface area contributed by atoms with Crippen molar-refractivity contribution in [1.82, 2.24) is 0 Å². The number of nitrogens with two attached hydrogens (primary N) is 1. The van der Waals surface area contributed by atoms with Gasteiger partial charge in [-0.25, -0.2) is 0 Å². The summed E-state index contributed by atoms with van der Waals surface area (Å²) in [5.41, 5.74) is 6.74. The molecule has 0 bridgehead atoms. The summed E-state index contributed by atoms with van der Waals surface area (Å²) in [7, 11) is 0. The molecule has 3 heteroatoms. The maximum absolute atomic E-state index is 5.80. The highest BCUT2D eigenvalue weighted by Gasteiger charge is 2.09. The van der Waals surface area contributed by atoms with E-state index in [0.29, 0.717) is 13.2 Å². The van der Waals surface area contributed by atoms with E-state index in [2.05, 4.69) is 46.9 Å². The minimum Gasteiger partial charge on any atom is -0.375 e. The van der Waals surface area contributed by atoms with Crippen molar-refractivity contribution >= 4 is 22.6 Å². The molecule has 0 fully saturated rings. The highest BCUT2D eigenvalue weighted by atomic mass is 127. The van der Waals surface area contributed by atoms with E-state index in [1.165, 1.54) is 9.13 Å². The van der Waals surface area contributed by atoms with E-state index in [4.69, 9.17) is 10.5 Å². The molecule has 1 aromatic carbocycles. The number of benzene rings is 1. The molecule has 0 aromatic heterocycles. The van der Waals surface area contributed by atoms with E-state index in [-0.39, 0.29) is 5.54 Å². The van der Waals surface area contributed by atoms with Gasteiger partial charge in [-0.3, -0.25) is 0 Å². The largest absolute Gasteiger partial charge is 0.375 e. The highest BCUT2D eigenvalue weighted by molar-refractivity contribution is 14.1. The predicted octanol–water partition coefficient (Wildman–Crippen LogP) is 2.55. The zero-order chi connectivity index (χ0) is 10.6. The Labute approximate surface area is 99.0 Å². The van der Waals surface area contributed by atoms with Crippen LogP contribution in [0.3, 0.4) is 0 Å². The molecule has 0 aliphatic carbocycles. The normalized spacial score (nSPS) is 11.7. The molecule has 1 aromatic rings. The van der Waals surface area contributed by atoms with E-state index in [1.807, 2.05) is 13.8 Å². The topological polar surface area (TPSA) is 35.2 Å². The zero-order valence-electron chi connectivity index (χ0n) is 8.59. The molecular formula is C11H16INO. The minimum absolute atomic E-state index is 0.247. The molecule has 0 aliphatic rings. The first-order valence-corrected chi connectivity index (χ1v) is 5.66. The smallest absolute Gasteiger partial charge is 0.0717 e. The number of halogens is 1. The van der Waals surface area contributed by atoms with Gasteiger partial charge < -0.3 is 10.5 Å². The molecule has 2 N–H and O–H groups in total. The molecule has 0 heterocycles. The Bertz CT molecular complexity index is 276. The van der Waals surface area contributed by atoms with Gasteiger partial charge in [0.05, 0.1) is 13.2 Å². The lowest BCUT2D eigenvalue weighted by atomic mass is 10.1. The fourth-order valence-electron chi connectivity index (χ4n) is 1.01. The molecule has 0 aliphatic heterocycles. The van der Waals surface area contributed by atoms with Gasteiger partial charge in [-0.2, -0.15) is 0 Å². The quantitative estimate of drug-likeness (QED) is 0.868. The van der Waals surface area contributed by atoms with E-state index in [9.17, 15) is 0 Å². The third kappa shape index (κ3) is 4.93. The van der Waals surface area contributed by atoms with Crippen LogP contribution in [-0.2, 0) is 11.3 Å². The Kier molecular flexibility index (Phi) is 4.34. The zero-order valence-corrected chi connectivity index (χ0v) is 10.7. The third-order valence-electron chi connectivity index (χ3n) is 1.66. The summed E-state index contributed by atoms with van der Waals surface area (Å²) < 4.78 is 6.74. The maximum Gasteiger partial charge on any atom is 0.0717 e. The average molecular weight is 305 g/mol. The number of hydrogen-bond donors (Lipinski definition) is 1. The monoisotopic (exact) mass is 305 g/mol. The highest BCUT2D eigenvalue weighted by Crippen LogP contribution is 2.08. The lowest BCUT2D eigenvalue weighted by molar-refractivity contribution is 0.0851. The van der Waals surface area contributed by atoms with Crippen LogP contribution >= 0.6 is 22.6 Å². The summed E-state index contributed by atoms with van der Waals surface area (Å²) in [5, 5.41) is 0. The molecule has 0 radical (unpaired) electrons. The second-order valence-corrected chi connectivity index (χ2v) is 5.35. The lowest BCUT2D eigenvalue weighted by Gasteiger charge is -2.18. The van der Waals surface area contributed by atoms with E-state index in [1.54, 1.807) is 0 Å². The molecule has 14 heavy (non-hydrogen) atoms. The summed E-state index contributed by atoms with van der Waals surface area (Å²) in [5.74, 6) is 0. The fraction of sp³-hybridized carbons (Fsp3) is 0.455. The van der Waals surface area contributed by atoms with Crippen LogP contribution < -0.4 is 5.73 Å². The van der Waals surface area contributed by atoms with Crippen LogP contribution in [0.1, 0.15) is 19.4 Å².